The SMILES string of the molecule is Cc1cc(C)nc(N2C[C@H]3OC(=O)N(CCN4CCCCC4)[C@H]3C2)n1. The zero-order chi connectivity index (χ0) is 17.4. The molecule has 0 aromatic carbocycles. The molecule has 0 radical (unpaired) electrons. The van der Waals surface area contributed by atoms with E-state index in [2.05, 4.69) is 19.8 Å². The van der Waals surface area contributed by atoms with Gasteiger partial charge in [-0.15, -0.1) is 0 Å². The number of carbonyl (C=O) groups is 1. The molecule has 4 heterocycles. The minimum Gasteiger partial charge on any atom is -0.442 e. The van der Waals surface area contributed by atoms with Crippen molar-refractivity contribution in [3.63, 3.8) is 0 Å². The second-order valence-electron chi connectivity index (χ2n) is 7.44. The number of piperidine rings is 1. The van der Waals surface area contributed by atoms with Gasteiger partial charge in [0.25, 0.3) is 0 Å². The van der Waals surface area contributed by atoms with Gasteiger partial charge in [-0.3, -0.25) is 4.90 Å². The molecule has 0 spiro atoms. The van der Waals surface area contributed by atoms with E-state index in [9.17, 15) is 4.79 Å². The lowest BCUT2D eigenvalue weighted by Crippen LogP contribution is -2.44. The Morgan fingerprint density at radius 2 is 1.80 bits per heavy atom. The lowest BCUT2D eigenvalue weighted by molar-refractivity contribution is 0.132. The third-order valence-corrected chi connectivity index (χ3v) is 5.48. The Kier molecular flexibility index (Phi) is 4.50. The predicted octanol–water partition coefficient (Wildman–Crippen LogP) is 1.59. The summed E-state index contributed by atoms with van der Waals surface area (Å²) in [5, 5.41) is 0. The van der Waals surface area contributed by atoms with E-state index < -0.39 is 0 Å². The van der Waals surface area contributed by atoms with Crippen molar-refractivity contribution >= 4 is 12.0 Å². The highest BCUT2D eigenvalue weighted by molar-refractivity contribution is 5.71. The highest BCUT2D eigenvalue weighted by atomic mass is 16.6. The minimum absolute atomic E-state index is 0.0710. The Labute approximate surface area is 149 Å². The Hall–Kier alpha value is -1.89. The largest absolute Gasteiger partial charge is 0.442 e. The van der Waals surface area contributed by atoms with Gasteiger partial charge in [-0.05, 0) is 45.8 Å². The summed E-state index contributed by atoms with van der Waals surface area (Å²) < 4.78 is 5.62. The average molecular weight is 345 g/mol. The van der Waals surface area contributed by atoms with Crippen LogP contribution in [0, 0.1) is 13.8 Å². The van der Waals surface area contributed by atoms with Crippen molar-refractivity contribution < 1.29 is 9.53 Å². The molecule has 3 saturated heterocycles. The van der Waals surface area contributed by atoms with Crippen LogP contribution in [-0.4, -0.2) is 77.3 Å². The van der Waals surface area contributed by atoms with Crippen molar-refractivity contribution in [1.29, 1.82) is 0 Å². The standard InChI is InChI=1S/C18H27N5O2/c1-13-10-14(2)20-17(19-13)22-11-15-16(12-22)25-18(24)23(15)9-8-21-6-4-3-5-7-21/h10,15-16H,3-9,11-12H2,1-2H3/t15-,16+/m0/s1. The van der Waals surface area contributed by atoms with Crippen molar-refractivity contribution in [2.75, 3.05) is 44.2 Å². The molecule has 136 valence electrons. The number of hydrogen-bond donors (Lipinski definition) is 0. The topological polar surface area (TPSA) is 61.8 Å². The predicted molar refractivity (Wildman–Crippen MR) is 94.8 cm³/mol. The molecule has 25 heavy (non-hydrogen) atoms. The van der Waals surface area contributed by atoms with E-state index in [0.29, 0.717) is 6.54 Å². The molecule has 1 amide bonds. The van der Waals surface area contributed by atoms with Gasteiger partial charge in [-0.2, -0.15) is 0 Å². The van der Waals surface area contributed by atoms with Gasteiger partial charge in [0.2, 0.25) is 5.95 Å². The van der Waals surface area contributed by atoms with Crippen LogP contribution in [-0.2, 0) is 4.74 Å². The van der Waals surface area contributed by atoms with Crippen molar-refractivity contribution in [2.45, 2.75) is 45.3 Å². The number of carbonyl (C=O) groups excluding carboxylic acids is 1. The first-order chi connectivity index (χ1) is 12.1. The monoisotopic (exact) mass is 345 g/mol. The Morgan fingerprint density at radius 3 is 2.52 bits per heavy atom. The van der Waals surface area contributed by atoms with Crippen LogP contribution in [0.2, 0.25) is 0 Å². The summed E-state index contributed by atoms with van der Waals surface area (Å²) >= 11 is 0. The van der Waals surface area contributed by atoms with Gasteiger partial charge in [-0.25, -0.2) is 14.8 Å². The van der Waals surface area contributed by atoms with Gasteiger partial charge < -0.3 is 14.5 Å². The average Bonchev–Trinajstić information content (AvgIpc) is 3.10. The first kappa shape index (κ1) is 16.6. The number of aryl methyl sites for hydroxylation is 2. The molecule has 7 heteroatoms. The van der Waals surface area contributed by atoms with Crippen molar-refractivity contribution in [3.8, 4) is 0 Å². The molecule has 3 fully saturated rings. The summed E-state index contributed by atoms with van der Waals surface area (Å²) in [6.45, 7) is 9.40. The van der Waals surface area contributed by atoms with E-state index in [1.807, 2.05) is 24.8 Å². The Bertz CT molecular complexity index is 626. The van der Waals surface area contributed by atoms with Crippen LogP contribution >= 0.6 is 0 Å². The van der Waals surface area contributed by atoms with Crippen LogP contribution in [0.1, 0.15) is 30.7 Å². The van der Waals surface area contributed by atoms with Crippen molar-refractivity contribution in [2.24, 2.45) is 0 Å². The van der Waals surface area contributed by atoms with Crippen LogP contribution in [0.5, 0.6) is 0 Å². The van der Waals surface area contributed by atoms with Crippen LogP contribution in [0.15, 0.2) is 6.07 Å². The molecule has 3 aliphatic heterocycles. The number of amides is 1. The molecule has 0 unspecified atom stereocenters. The molecule has 3 aliphatic rings. The number of aromatic nitrogens is 2. The summed E-state index contributed by atoms with van der Waals surface area (Å²) in [4.78, 5) is 27.9. The molecule has 0 N–H and O–H groups in total. The molecule has 4 rings (SSSR count). The normalized spacial score (nSPS) is 26.9. The number of nitrogens with zero attached hydrogens (tertiary/aromatic N) is 5. The number of likely N-dealkylation sites (tertiary alicyclic amines) is 1. The van der Waals surface area contributed by atoms with Gasteiger partial charge in [0.15, 0.2) is 0 Å². The second kappa shape index (κ2) is 6.78. The fourth-order valence-electron chi connectivity index (χ4n) is 4.21. The third-order valence-electron chi connectivity index (χ3n) is 5.48. The quantitative estimate of drug-likeness (QED) is 0.826. The third kappa shape index (κ3) is 3.42. The van der Waals surface area contributed by atoms with Gasteiger partial charge in [-0.1, -0.05) is 6.42 Å². The maximum atomic E-state index is 12.2. The lowest BCUT2D eigenvalue weighted by atomic mass is 10.1. The van der Waals surface area contributed by atoms with Crippen LogP contribution in [0.4, 0.5) is 10.7 Å². The van der Waals surface area contributed by atoms with Gasteiger partial charge in [0.05, 0.1) is 12.6 Å². The van der Waals surface area contributed by atoms with Crippen LogP contribution < -0.4 is 4.90 Å². The number of anilines is 1. The summed E-state index contributed by atoms with van der Waals surface area (Å²) in [6, 6.07) is 2.09. The zero-order valence-corrected chi connectivity index (χ0v) is 15.1. The van der Waals surface area contributed by atoms with E-state index >= 15 is 0 Å². The Balaban J connectivity index is 1.40. The molecule has 2 atom stereocenters. The van der Waals surface area contributed by atoms with Crippen LogP contribution in [0.3, 0.4) is 0 Å². The fraction of sp³-hybridized carbons (Fsp3) is 0.722. The lowest BCUT2D eigenvalue weighted by Gasteiger charge is -2.29. The highest BCUT2D eigenvalue weighted by Gasteiger charge is 2.48. The maximum Gasteiger partial charge on any atom is 0.410 e. The molecular weight excluding hydrogens is 318 g/mol. The van der Waals surface area contributed by atoms with E-state index in [4.69, 9.17) is 4.74 Å². The Morgan fingerprint density at radius 1 is 1.08 bits per heavy atom. The number of ether oxygens (including phenoxy) is 1. The van der Waals surface area contributed by atoms with E-state index in [1.54, 1.807) is 0 Å². The summed E-state index contributed by atoms with van der Waals surface area (Å²) in [7, 11) is 0. The number of rotatable bonds is 4. The number of hydrogen-bond acceptors (Lipinski definition) is 6. The van der Waals surface area contributed by atoms with E-state index in [1.165, 1.54) is 19.3 Å². The molecular formula is C18H27N5O2. The summed E-state index contributed by atoms with van der Waals surface area (Å²) in [5.74, 6) is 0.749. The zero-order valence-electron chi connectivity index (χ0n) is 15.1. The van der Waals surface area contributed by atoms with Crippen molar-refractivity contribution in [1.82, 2.24) is 19.8 Å². The molecule has 0 bridgehead atoms. The van der Waals surface area contributed by atoms with Gasteiger partial charge >= 0.3 is 6.09 Å². The fourth-order valence-corrected chi connectivity index (χ4v) is 4.21. The molecule has 7 nitrogen and oxygen atoms in total. The molecule has 0 saturated carbocycles. The van der Waals surface area contributed by atoms with Gasteiger partial charge in [0.1, 0.15) is 6.10 Å². The minimum atomic E-state index is -0.159. The highest BCUT2D eigenvalue weighted by Crippen LogP contribution is 2.29. The number of fused-ring (bicyclic) bond motifs is 1. The smallest absolute Gasteiger partial charge is 0.410 e. The molecule has 0 aliphatic carbocycles. The summed E-state index contributed by atoms with van der Waals surface area (Å²) in [5.41, 5.74) is 1.94. The first-order valence-electron chi connectivity index (χ1n) is 9.37. The first-order valence-corrected chi connectivity index (χ1v) is 9.37. The molecule has 1 aromatic rings. The van der Waals surface area contributed by atoms with Gasteiger partial charge in [0, 0.05) is 31.0 Å². The second-order valence-corrected chi connectivity index (χ2v) is 7.44. The summed E-state index contributed by atoms with van der Waals surface area (Å²) in [6.07, 6.45) is 3.65. The van der Waals surface area contributed by atoms with E-state index in [0.717, 1.165) is 50.1 Å². The molecule has 1 aromatic heterocycles. The van der Waals surface area contributed by atoms with Crippen LogP contribution in [0.25, 0.3) is 0 Å². The maximum absolute atomic E-state index is 12.2. The van der Waals surface area contributed by atoms with Crippen molar-refractivity contribution in [3.05, 3.63) is 17.5 Å². The van der Waals surface area contributed by atoms with E-state index in [-0.39, 0.29) is 18.2 Å².